The van der Waals surface area contributed by atoms with E-state index in [1.807, 2.05) is 26.8 Å². The van der Waals surface area contributed by atoms with E-state index in [1.165, 1.54) is 0 Å². The van der Waals surface area contributed by atoms with Crippen molar-refractivity contribution < 1.29 is 5.11 Å². The zero-order valence-electron chi connectivity index (χ0n) is 7.76. The van der Waals surface area contributed by atoms with Gasteiger partial charge in [0.1, 0.15) is 5.75 Å². The summed E-state index contributed by atoms with van der Waals surface area (Å²) in [6.07, 6.45) is 0. The Labute approximate surface area is 73.0 Å². The Bertz CT molecular complexity index is 266. The molecular formula is C10H15NO. The molecule has 0 aromatic heterocycles. The maximum absolute atomic E-state index is 9.30. The first-order valence-corrected chi connectivity index (χ1v) is 3.99. The lowest BCUT2D eigenvalue weighted by molar-refractivity contribution is 0.469. The lowest BCUT2D eigenvalue weighted by atomic mass is 9.94. The number of phenolic OH excluding ortho intramolecular Hbond substituents is 1. The molecule has 0 aliphatic heterocycles. The first-order valence-electron chi connectivity index (χ1n) is 3.99. The number of rotatable bonds is 1. The van der Waals surface area contributed by atoms with Crippen LogP contribution in [0.1, 0.15) is 25.0 Å². The number of aromatic hydroxyl groups is 1. The minimum atomic E-state index is -0.385. The van der Waals surface area contributed by atoms with E-state index in [9.17, 15) is 5.11 Å². The summed E-state index contributed by atoms with van der Waals surface area (Å²) in [5, 5.41) is 9.30. The predicted octanol–water partition coefficient (Wildman–Crippen LogP) is 1.89. The Kier molecular flexibility index (Phi) is 2.11. The van der Waals surface area contributed by atoms with E-state index in [4.69, 9.17) is 5.73 Å². The Morgan fingerprint density at radius 3 is 2.25 bits per heavy atom. The maximum atomic E-state index is 9.30. The van der Waals surface area contributed by atoms with Crippen molar-refractivity contribution in [1.82, 2.24) is 0 Å². The molecule has 0 heterocycles. The van der Waals surface area contributed by atoms with Gasteiger partial charge in [-0.15, -0.1) is 0 Å². The third-order valence-corrected chi connectivity index (χ3v) is 1.81. The molecule has 0 amide bonds. The molecule has 0 bridgehead atoms. The fourth-order valence-corrected chi connectivity index (χ4v) is 1.13. The third kappa shape index (κ3) is 1.98. The molecule has 2 nitrogen and oxygen atoms in total. The van der Waals surface area contributed by atoms with Crippen LogP contribution in [-0.2, 0) is 5.54 Å². The summed E-state index contributed by atoms with van der Waals surface area (Å²) in [4.78, 5) is 0. The van der Waals surface area contributed by atoms with Crippen LogP contribution < -0.4 is 5.73 Å². The molecule has 0 aliphatic rings. The highest BCUT2D eigenvalue weighted by atomic mass is 16.3. The summed E-state index contributed by atoms with van der Waals surface area (Å²) in [5.74, 6) is 0.281. The van der Waals surface area contributed by atoms with Crippen molar-refractivity contribution in [2.24, 2.45) is 5.73 Å². The number of aryl methyl sites for hydroxylation is 1. The quantitative estimate of drug-likeness (QED) is 0.667. The van der Waals surface area contributed by atoms with Gasteiger partial charge in [0, 0.05) is 5.54 Å². The first kappa shape index (κ1) is 9.07. The van der Waals surface area contributed by atoms with E-state index in [-0.39, 0.29) is 11.3 Å². The molecule has 0 atom stereocenters. The number of nitrogens with two attached hydrogens (primary N) is 1. The smallest absolute Gasteiger partial charge is 0.116 e. The van der Waals surface area contributed by atoms with Crippen molar-refractivity contribution in [3.63, 3.8) is 0 Å². The summed E-state index contributed by atoms with van der Waals surface area (Å²) < 4.78 is 0. The second-order valence-corrected chi connectivity index (χ2v) is 3.78. The van der Waals surface area contributed by atoms with Crippen LogP contribution in [0.5, 0.6) is 5.75 Å². The molecule has 0 saturated carbocycles. The second kappa shape index (κ2) is 2.79. The van der Waals surface area contributed by atoms with Crippen molar-refractivity contribution >= 4 is 0 Å². The van der Waals surface area contributed by atoms with E-state index in [2.05, 4.69) is 0 Å². The molecule has 3 N–H and O–H groups in total. The van der Waals surface area contributed by atoms with Crippen LogP contribution in [-0.4, -0.2) is 5.11 Å². The van der Waals surface area contributed by atoms with Crippen LogP contribution in [0.3, 0.4) is 0 Å². The zero-order valence-corrected chi connectivity index (χ0v) is 7.76. The lowest BCUT2D eigenvalue weighted by Gasteiger charge is -2.19. The molecule has 0 aliphatic carbocycles. The van der Waals surface area contributed by atoms with Crippen molar-refractivity contribution in [3.8, 4) is 5.75 Å². The van der Waals surface area contributed by atoms with Crippen molar-refractivity contribution in [1.29, 1.82) is 0 Å². The average molecular weight is 165 g/mol. The van der Waals surface area contributed by atoms with Gasteiger partial charge in [0.2, 0.25) is 0 Å². The average Bonchev–Trinajstić information content (AvgIpc) is 1.82. The Morgan fingerprint density at radius 1 is 1.25 bits per heavy atom. The molecular weight excluding hydrogens is 150 g/mol. The highest BCUT2D eigenvalue weighted by Crippen LogP contribution is 2.22. The second-order valence-electron chi connectivity index (χ2n) is 3.78. The maximum Gasteiger partial charge on any atom is 0.116 e. The van der Waals surface area contributed by atoms with E-state index in [1.54, 1.807) is 12.1 Å². The molecule has 0 unspecified atom stereocenters. The molecule has 0 saturated heterocycles. The lowest BCUT2D eigenvalue weighted by Crippen LogP contribution is -2.28. The normalized spacial score (nSPS) is 11.7. The Morgan fingerprint density at radius 2 is 1.83 bits per heavy atom. The van der Waals surface area contributed by atoms with Crippen LogP contribution in [0.2, 0.25) is 0 Å². The van der Waals surface area contributed by atoms with Gasteiger partial charge in [-0.2, -0.15) is 0 Å². The predicted molar refractivity (Wildman–Crippen MR) is 50.1 cm³/mol. The standard InChI is InChI=1S/C10H15NO/c1-7-4-8(10(2,3)11)6-9(12)5-7/h4-6,12H,11H2,1-3H3. The number of hydrogen-bond acceptors (Lipinski definition) is 2. The molecule has 12 heavy (non-hydrogen) atoms. The van der Waals surface area contributed by atoms with Crippen molar-refractivity contribution in [2.45, 2.75) is 26.3 Å². The van der Waals surface area contributed by atoms with E-state index in [0.29, 0.717) is 0 Å². The summed E-state index contributed by atoms with van der Waals surface area (Å²) in [6.45, 7) is 5.78. The summed E-state index contributed by atoms with van der Waals surface area (Å²) in [5.41, 5.74) is 7.49. The van der Waals surface area contributed by atoms with Crippen LogP contribution >= 0.6 is 0 Å². The molecule has 2 heteroatoms. The van der Waals surface area contributed by atoms with Crippen molar-refractivity contribution in [3.05, 3.63) is 29.3 Å². The van der Waals surface area contributed by atoms with Gasteiger partial charge in [-0.05, 0) is 44.0 Å². The highest BCUT2D eigenvalue weighted by molar-refractivity contribution is 5.35. The molecule has 66 valence electrons. The fraction of sp³-hybridized carbons (Fsp3) is 0.400. The monoisotopic (exact) mass is 165 g/mol. The van der Waals surface area contributed by atoms with E-state index in [0.717, 1.165) is 11.1 Å². The molecule has 1 aromatic carbocycles. The topological polar surface area (TPSA) is 46.2 Å². The summed E-state index contributed by atoms with van der Waals surface area (Å²) in [7, 11) is 0. The SMILES string of the molecule is Cc1cc(O)cc(C(C)(C)N)c1. The zero-order chi connectivity index (χ0) is 9.35. The van der Waals surface area contributed by atoms with Gasteiger partial charge >= 0.3 is 0 Å². The number of phenols is 1. The summed E-state index contributed by atoms with van der Waals surface area (Å²) >= 11 is 0. The molecule has 1 aromatic rings. The minimum Gasteiger partial charge on any atom is -0.508 e. The van der Waals surface area contributed by atoms with Gasteiger partial charge in [-0.1, -0.05) is 6.07 Å². The van der Waals surface area contributed by atoms with Gasteiger partial charge in [-0.3, -0.25) is 0 Å². The van der Waals surface area contributed by atoms with Crippen LogP contribution in [0, 0.1) is 6.92 Å². The third-order valence-electron chi connectivity index (χ3n) is 1.81. The van der Waals surface area contributed by atoms with Crippen LogP contribution in [0.15, 0.2) is 18.2 Å². The largest absolute Gasteiger partial charge is 0.508 e. The Hall–Kier alpha value is -1.02. The van der Waals surface area contributed by atoms with Gasteiger partial charge in [0.15, 0.2) is 0 Å². The Balaban J connectivity index is 3.18. The van der Waals surface area contributed by atoms with E-state index >= 15 is 0 Å². The fourth-order valence-electron chi connectivity index (χ4n) is 1.13. The van der Waals surface area contributed by atoms with Gasteiger partial charge in [0.25, 0.3) is 0 Å². The van der Waals surface area contributed by atoms with Crippen LogP contribution in [0.4, 0.5) is 0 Å². The van der Waals surface area contributed by atoms with Gasteiger partial charge in [0.05, 0.1) is 0 Å². The van der Waals surface area contributed by atoms with Crippen LogP contribution in [0.25, 0.3) is 0 Å². The molecule has 0 radical (unpaired) electrons. The van der Waals surface area contributed by atoms with Gasteiger partial charge < -0.3 is 10.8 Å². The molecule has 1 rings (SSSR count). The summed E-state index contributed by atoms with van der Waals surface area (Å²) in [6, 6.07) is 5.40. The first-order chi connectivity index (χ1) is 5.39. The number of benzene rings is 1. The minimum absolute atomic E-state index is 0.281. The van der Waals surface area contributed by atoms with E-state index < -0.39 is 0 Å². The van der Waals surface area contributed by atoms with Gasteiger partial charge in [-0.25, -0.2) is 0 Å². The molecule has 0 spiro atoms. The number of hydrogen-bond donors (Lipinski definition) is 2. The van der Waals surface area contributed by atoms with Crippen molar-refractivity contribution in [2.75, 3.05) is 0 Å². The highest BCUT2D eigenvalue weighted by Gasteiger charge is 2.14. The molecule has 0 fully saturated rings.